The molecule has 0 aromatic heterocycles. The maximum absolute atomic E-state index is 14.9. The van der Waals surface area contributed by atoms with Gasteiger partial charge in [-0.3, -0.25) is 14.3 Å². The number of hydrogen-bond donors (Lipinski definition) is 1. The van der Waals surface area contributed by atoms with Crippen LogP contribution >= 0.6 is 11.6 Å². The number of halogens is 1. The highest BCUT2D eigenvalue weighted by atomic mass is 35.5. The number of benzene rings is 2. The number of anilines is 1. The molecule has 3 aliphatic carbocycles. The highest BCUT2D eigenvalue weighted by Crippen LogP contribution is 2.47. The molecule has 5 atom stereocenters. The van der Waals surface area contributed by atoms with Gasteiger partial charge in [0.25, 0.3) is 5.91 Å². The van der Waals surface area contributed by atoms with Crippen LogP contribution in [-0.2, 0) is 40.8 Å². The lowest BCUT2D eigenvalue weighted by atomic mass is 9.68. The zero-order valence-electron chi connectivity index (χ0n) is 28.0. The minimum atomic E-state index is -3.72. The average Bonchev–Trinajstić information content (AvgIpc) is 3.87. The summed E-state index contributed by atoms with van der Waals surface area (Å²) in [6, 6.07) is 11.5. The Morgan fingerprint density at radius 2 is 2.00 bits per heavy atom. The maximum Gasteiger partial charge on any atom is 0.287 e. The second-order valence-electron chi connectivity index (χ2n) is 14.8. The first-order valence-corrected chi connectivity index (χ1v) is 19.1. The molecule has 2 aromatic rings. The Morgan fingerprint density at radius 3 is 2.75 bits per heavy atom. The van der Waals surface area contributed by atoms with Crippen molar-refractivity contribution in [2.24, 2.45) is 22.1 Å². The van der Waals surface area contributed by atoms with Gasteiger partial charge in [-0.2, -0.15) is 0 Å². The van der Waals surface area contributed by atoms with Crippen molar-refractivity contribution in [2.75, 3.05) is 38.3 Å². The largest absolute Gasteiger partial charge is 0.490 e. The van der Waals surface area contributed by atoms with E-state index in [0.717, 1.165) is 62.2 Å². The van der Waals surface area contributed by atoms with Gasteiger partial charge in [0.15, 0.2) is 9.92 Å². The molecule has 2 amide bonds. The topological polar surface area (TPSA) is 107 Å². The number of aryl methyl sites for hydroxylation is 1. The molecule has 48 heavy (non-hydrogen) atoms. The minimum absolute atomic E-state index is 0.0929. The summed E-state index contributed by atoms with van der Waals surface area (Å²) in [7, 11) is -1.98. The van der Waals surface area contributed by atoms with Crippen LogP contribution in [0.3, 0.4) is 0 Å². The van der Waals surface area contributed by atoms with Crippen LogP contribution in [0, 0.1) is 17.8 Å². The molecule has 0 saturated heterocycles. The lowest BCUT2D eigenvalue weighted by molar-refractivity contribution is -0.137. The number of nitrogens with zero attached hydrogens (tertiary/aromatic N) is 2. The van der Waals surface area contributed by atoms with Crippen molar-refractivity contribution in [3.63, 3.8) is 0 Å². The molecule has 7 rings (SSSR count). The molecule has 9 nitrogen and oxygen atoms in total. The molecule has 2 aliphatic heterocycles. The molecule has 1 spiro atoms. The number of rotatable bonds is 4. The highest BCUT2D eigenvalue weighted by molar-refractivity contribution is 7.92. The molecule has 1 N–H and O–H groups in total. The van der Waals surface area contributed by atoms with Crippen molar-refractivity contribution in [2.45, 2.75) is 87.2 Å². The van der Waals surface area contributed by atoms with Gasteiger partial charge in [-0.1, -0.05) is 29.8 Å². The van der Waals surface area contributed by atoms with E-state index in [4.69, 9.17) is 25.8 Å². The summed E-state index contributed by atoms with van der Waals surface area (Å²) in [5.41, 5.74) is 1.65. The first kappa shape index (κ1) is 33.6. The molecule has 5 aliphatic rings. The zero-order chi connectivity index (χ0) is 33.7. The van der Waals surface area contributed by atoms with E-state index in [9.17, 15) is 13.8 Å². The predicted molar refractivity (Wildman–Crippen MR) is 186 cm³/mol. The van der Waals surface area contributed by atoms with E-state index in [1.54, 1.807) is 27.0 Å². The van der Waals surface area contributed by atoms with E-state index in [-0.39, 0.29) is 41.3 Å². The number of nitrogens with one attached hydrogen (secondary N) is 1. The van der Waals surface area contributed by atoms with E-state index >= 15 is 0 Å². The number of methoxy groups -OCH3 is 1. The van der Waals surface area contributed by atoms with Gasteiger partial charge in [0, 0.05) is 37.1 Å². The van der Waals surface area contributed by atoms with Crippen LogP contribution in [0.2, 0.25) is 5.02 Å². The van der Waals surface area contributed by atoms with Gasteiger partial charge in [0.2, 0.25) is 5.91 Å². The van der Waals surface area contributed by atoms with Crippen molar-refractivity contribution in [3.8, 4) is 5.75 Å². The first-order chi connectivity index (χ1) is 23.0. The molecular weight excluding hydrogens is 650 g/mol. The fourth-order valence-corrected chi connectivity index (χ4v) is 9.68. The normalized spacial score (nSPS) is 32.0. The Labute approximate surface area is 289 Å². The van der Waals surface area contributed by atoms with Gasteiger partial charge in [-0.25, -0.2) is 4.21 Å². The Hall–Kier alpha value is -2.92. The summed E-state index contributed by atoms with van der Waals surface area (Å²) in [5.74, 6) is 0.516. The number of hydrogen-bond acceptors (Lipinski definition) is 7. The van der Waals surface area contributed by atoms with Gasteiger partial charge in [0.1, 0.15) is 11.4 Å². The summed E-state index contributed by atoms with van der Waals surface area (Å²) in [6.07, 6.45) is 11.1. The first-order valence-electron chi connectivity index (χ1n) is 17.2. The monoisotopic (exact) mass is 695 g/mol. The molecule has 2 bridgehead atoms. The Morgan fingerprint density at radius 1 is 1.17 bits per heavy atom. The summed E-state index contributed by atoms with van der Waals surface area (Å²) in [6.45, 7) is 5.31. The molecule has 2 aromatic carbocycles. The quantitative estimate of drug-likeness (QED) is 0.369. The van der Waals surface area contributed by atoms with Crippen LogP contribution in [0.4, 0.5) is 5.69 Å². The van der Waals surface area contributed by atoms with Gasteiger partial charge in [-0.05, 0) is 118 Å². The van der Waals surface area contributed by atoms with E-state index in [1.807, 2.05) is 30.4 Å². The van der Waals surface area contributed by atoms with Crippen LogP contribution in [0.5, 0.6) is 5.75 Å². The zero-order valence-corrected chi connectivity index (χ0v) is 29.6. The SMILES string of the molecule is CO[C@H]1/C=C/COC(C)(C)C(=O)N=[S@](=O)(NC(=O)CC2CC2)c2ccc3c(c2)N(C[C@@H]2CC[C@H]21)C[C@@]1(CCCc2cc(Cl)ccc21)CO3. The van der Waals surface area contributed by atoms with Gasteiger partial charge in [0.05, 0.1) is 29.9 Å². The summed E-state index contributed by atoms with van der Waals surface area (Å²) in [5, 5.41) is 0.736. The minimum Gasteiger partial charge on any atom is -0.490 e. The van der Waals surface area contributed by atoms with Crippen LogP contribution in [0.15, 0.2) is 57.8 Å². The van der Waals surface area contributed by atoms with E-state index in [0.29, 0.717) is 30.7 Å². The Kier molecular flexibility index (Phi) is 9.15. The Balaban J connectivity index is 1.35. The molecule has 2 heterocycles. The fraction of sp³-hybridized carbons (Fsp3) is 0.568. The van der Waals surface area contributed by atoms with Crippen LogP contribution in [0.25, 0.3) is 0 Å². The smallest absolute Gasteiger partial charge is 0.287 e. The number of carbonyl (C=O) groups excluding carboxylic acids is 2. The van der Waals surface area contributed by atoms with E-state index < -0.39 is 21.4 Å². The summed E-state index contributed by atoms with van der Waals surface area (Å²) < 4.78 is 40.4. The third kappa shape index (κ3) is 6.65. The molecule has 0 radical (unpaired) electrons. The summed E-state index contributed by atoms with van der Waals surface area (Å²) in [4.78, 5) is 29.5. The molecule has 2 fully saturated rings. The van der Waals surface area contributed by atoms with Crippen molar-refractivity contribution < 1.29 is 28.0 Å². The van der Waals surface area contributed by atoms with Gasteiger partial charge in [-0.15, -0.1) is 4.36 Å². The van der Waals surface area contributed by atoms with Crippen LogP contribution in [0.1, 0.15) is 69.9 Å². The van der Waals surface area contributed by atoms with Gasteiger partial charge >= 0.3 is 0 Å². The van der Waals surface area contributed by atoms with Crippen molar-refractivity contribution in [1.82, 2.24) is 4.72 Å². The maximum atomic E-state index is 14.9. The Bertz CT molecular complexity index is 1750. The lowest BCUT2D eigenvalue weighted by Crippen LogP contribution is -2.49. The number of amides is 2. The van der Waals surface area contributed by atoms with E-state index in [2.05, 4.69) is 26.1 Å². The molecule has 11 heteroatoms. The van der Waals surface area contributed by atoms with Crippen molar-refractivity contribution in [3.05, 3.63) is 64.7 Å². The average molecular weight is 696 g/mol. The fourth-order valence-electron chi connectivity index (χ4n) is 7.85. The van der Waals surface area contributed by atoms with E-state index in [1.165, 1.54) is 11.1 Å². The summed E-state index contributed by atoms with van der Waals surface area (Å²) >= 11 is 6.46. The molecular formula is C37H46ClN3O6S. The van der Waals surface area contributed by atoms with Crippen molar-refractivity contribution in [1.29, 1.82) is 0 Å². The third-order valence-electron chi connectivity index (χ3n) is 11.0. The van der Waals surface area contributed by atoms with Crippen LogP contribution in [-0.4, -0.2) is 61.1 Å². The standard InChI is InChI=1S/C37H46ClN3O6S/c1-36(2)35(43)40-48(44,39-34(42)18-24-8-9-24)28-12-15-33-31(20-28)41(21-26-10-13-29(26)32(45-3)7-5-17-47-36)22-37(23-46-33)16-4-6-25-19-27(38)11-14-30(25)37/h5,7,11-12,14-15,19-20,24,26,29,32H,4,6,8-10,13,16-18,21-23H2,1-3H3,(H,39,40,42,43,44)/b7-5+/t26-,29+,32-,37-,48+/m0/s1. The molecule has 0 unspecified atom stereocenters. The number of carbonyl (C=O) groups is 2. The third-order valence-corrected chi connectivity index (χ3v) is 13.0. The highest BCUT2D eigenvalue weighted by Gasteiger charge is 2.45. The van der Waals surface area contributed by atoms with Gasteiger partial charge < -0.3 is 19.1 Å². The molecule has 2 saturated carbocycles. The second kappa shape index (κ2) is 13.1. The second-order valence-corrected chi connectivity index (χ2v) is 17.1. The number of ether oxygens (including phenoxy) is 3. The predicted octanol–water partition coefficient (Wildman–Crippen LogP) is 6.40. The lowest BCUT2D eigenvalue weighted by Gasteiger charge is -2.46. The van der Waals surface area contributed by atoms with Crippen LogP contribution < -0.4 is 14.4 Å². The molecule has 258 valence electrons. The number of fused-ring (bicyclic) bond motifs is 4. The van der Waals surface area contributed by atoms with Crippen molar-refractivity contribution >= 4 is 39.0 Å².